The van der Waals surface area contributed by atoms with Gasteiger partial charge in [0, 0.05) is 13.0 Å². The van der Waals surface area contributed by atoms with Crippen molar-refractivity contribution in [1.29, 1.82) is 0 Å². The van der Waals surface area contributed by atoms with Crippen molar-refractivity contribution in [3.63, 3.8) is 0 Å². The maximum atomic E-state index is 11.1. The first kappa shape index (κ1) is 8.77. The molecule has 1 unspecified atom stereocenters. The van der Waals surface area contributed by atoms with Crippen LogP contribution in [0.3, 0.4) is 0 Å². The van der Waals surface area contributed by atoms with Gasteiger partial charge in [-0.2, -0.15) is 0 Å². The fraction of sp³-hybridized carbons (Fsp3) is 0.500. The molecule has 0 saturated carbocycles. The molecule has 1 rings (SSSR count). The van der Waals surface area contributed by atoms with Gasteiger partial charge in [-0.25, -0.2) is 4.79 Å². The topological polar surface area (TPSA) is 57.6 Å². The first-order valence-corrected chi connectivity index (χ1v) is 3.80. The van der Waals surface area contributed by atoms with Crippen LogP contribution in [0.15, 0.2) is 12.7 Å². The summed E-state index contributed by atoms with van der Waals surface area (Å²) in [6.07, 6.45) is 2.30. The van der Waals surface area contributed by atoms with E-state index in [-0.39, 0.29) is 5.91 Å². The second-order valence-electron chi connectivity index (χ2n) is 2.73. The number of carboxylic acids is 1. The molecule has 1 heterocycles. The lowest BCUT2D eigenvalue weighted by molar-refractivity contribution is -0.145. The Labute approximate surface area is 70.5 Å². The summed E-state index contributed by atoms with van der Waals surface area (Å²) in [5, 5.41) is 8.70. The molecule has 1 aliphatic rings. The lowest BCUT2D eigenvalue weighted by atomic mass is 10.2. The van der Waals surface area contributed by atoms with Crippen LogP contribution in [-0.4, -0.2) is 34.5 Å². The van der Waals surface area contributed by atoms with E-state index in [0.717, 1.165) is 0 Å². The molecule has 1 aliphatic heterocycles. The van der Waals surface area contributed by atoms with E-state index in [1.807, 2.05) is 0 Å². The van der Waals surface area contributed by atoms with Crippen molar-refractivity contribution in [1.82, 2.24) is 4.90 Å². The van der Waals surface area contributed by atoms with Gasteiger partial charge < -0.3 is 10.0 Å². The Balaban J connectivity index is 2.69. The molecule has 0 bridgehead atoms. The number of carbonyl (C=O) groups excluding carboxylic acids is 1. The molecule has 4 heteroatoms. The third kappa shape index (κ3) is 1.47. The molecule has 0 radical (unpaired) electrons. The minimum Gasteiger partial charge on any atom is -0.480 e. The van der Waals surface area contributed by atoms with Crippen molar-refractivity contribution in [2.75, 3.05) is 6.54 Å². The Bertz CT molecular complexity index is 224. The average molecular weight is 169 g/mol. The average Bonchev–Trinajstić information content (AvgIpc) is 2.34. The number of aliphatic carboxylic acids is 1. The van der Waals surface area contributed by atoms with Crippen LogP contribution < -0.4 is 0 Å². The standard InChI is InChI=1S/C8H11NO3/c1-2-5-9-6(8(11)12)3-4-7(9)10/h2,6H,1,3-5H2,(H,11,12). The molecule has 12 heavy (non-hydrogen) atoms. The fourth-order valence-corrected chi connectivity index (χ4v) is 1.36. The molecule has 66 valence electrons. The van der Waals surface area contributed by atoms with Crippen molar-refractivity contribution in [2.45, 2.75) is 18.9 Å². The van der Waals surface area contributed by atoms with Crippen molar-refractivity contribution < 1.29 is 14.7 Å². The van der Waals surface area contributed by atoms with Gasteiger partial charge in [0.15, 0.2) is 0 Å². The summed E-state index contributed by atoms with van der Waals surface area (Å²) in [5.74, 6) is -1.02. The first-order valence-electron chi connectivity index (χ1n) is 3.80. The molecule has 0 spiro atoms. The lowest BCUT2D eigenvalue weighted by Gasteiger charge is -2.19. The Morgan fingerprint density at radius 2 is 2.50 bits per heavy atom. The second-order valence-corrected chi connectivity index (χ2v) is 2.73. The van der Waals surface area contributed by atoms with Gasteiger partial charge >= 0.3 is 5.97 Å². The molecular weight excluding hydrogens is 158 g/mol. The summed E-state index contributed by atoms with van der Waals surface area (Å²) in [4.78, 5) is 23.0. The smallest absolute Gasteiger partial charge is 0.326 e. The number of amides is 1. The van der Waals surface area contributed by atoms with Gasteiger partial charge in [0.05, 0.1) is 0 Å². The van der Waals surface area contributed by atoms with Gasteiger partial charge in [-0.15, -0.1) is 6.58 Å². The summed E-state index contributed by atoms with van der Waals surface area (Å²) in [6, 6.07) is -0.643. The SMILES string of the molecule is C=CCN1C(=O)CCC1C(=O)O. The van der Waals surface area contributed by atoms with E-state index in [0.29, 0.717) is 19.4 Å². The highest BCUT2D eigenvalue weighted by Gasteiger charge is 2.34. The minimum absolute atomic E-state index is 0.0951. The van der Waals surface area contributed by atoms with Crippen LogP contribution in [0.2, 0.25) is 0 Å². The van der Waals surface area contributed by atoms with Crippen LogP contribution in [0.1, 0.15) is 12.8 Å². The molecule has 0 aliphatic carbocycles. The molecule has 1 amide bonds. The molecule has 1 N–H and O–H groups in total. The van der Waals surface area contributed by atoms with Crippen molar-refractivity contribution in [3.05, 3.63) is 12.7 Å². The van der Waals surface area contributed by atoms with E-state index in [1.165, 1.54) is 4.90 Å². The van der Waals surface area contributed by atoms with Crippen LogP contribution in [0.25, 0.3) is 0 Å². The van der Waals surface area contributed by atoms with Crippen LogP contribution in [0.4, 0.5) is 0 Å². The van der Waals surface area contributed by atoms with Crippen LogP contribution >= 0.6 is 0 Å². The highest BCUT2D eigenvalue weighted by atomic mass is 16.4. The normalized spacial score (nSPS) is 22.8. The minimum atomic E-state index is -0.928. The maximum absolute atomic E-state index is 11.1. The summed E-state index contributed by atoms with van der Waals surface area (Å²) in [7, 11) is 0. The highest BCUT2D eigenvalue weighted by Crippen LogP contribution is 2.18. The zero-order valence-electron chi connectivity index (χ0n) is 6.69. The molecule has 1 fully saturated rings. The molecular formula is C8H11NO3. The van der Waals surface area contributed by atoms with Gasteiger partial charge in [-0.1, -0.05) is 6.08 Å². The Morgan fingerprint density at radius 1 is 1.83 bits per heavy atom. The number of likely N-dealkylation sites (tertiary alicyclic amines) is 1. The van der Waals surface area contributed by atoms with Gasteiger partial charge in [0.1, 0.15) is 6.04 Å². The highest BCUT2D eigenvalue weighted by molar-refractivity contribution is 5.87. The number of carboxylic acid groups (broad SMARTS) is 1. The van der Waals surface area contributed by atoms with Gasteiger partial charge in [0.25, 0.3) is 0 Å². The second kappa shape index (κ2) is 3.38. The Morgan fingerprint density at radius 3 is 3.00 bits per heavy atom. The summed E-state index contributed by atoms with van der Waals surface area (Å²) in [6.45, 7) is 3.79. The van der Waals surface area contributed by atoms with Crippen molar-refractivity contribution in [2.24, 2.45) is 0 Å². The quantitative estimate of drug-likeness (QED) is 0.616. The predicted octanol–water partition coefficient (Wildman–Crippen LogP) is 0.248. The number of nitrogens with zero attached hydrogens (tertiary/aromatic N) is 1. The van der Waals surface area contributed by atoms with Crippen molar-refractivity contribution >= 4 is 11.9 Å². The number of hydrogen-bond acceptors (Lipinski definition) is 2. The van der Waals surface area contributed by atoms with Gasteiger partial charge in [0.2, 0.25) is 5.91 Å². The number of carbonyl (C=O) groups is 2. The van der Waals surface area contributed by atoms with E-state index in [1.54, 1.807) is 6.08 Å². The van der Waals surface area contributed by atoms with Gasteiger partial charge in [-0.05, 0) is 6.42 Å². The zero-order valence-corrected chi connectivity index (χ0v) is 6.69. The van der Waals surface area contributed by atoms with Crippen LogP contribution in [0.5, 0.6) is 0 Å². The third-order valence-corrected chi connectivity index (χ3v) is 1.94. The molecule has 1 saturated heterocycles. The number of rotatable bonds is 3. The first-order chi connectivity index (χ1) is 5.66. The summed E-state index contributed by atoms with van der Waals surface area (Å²) < 4.78 is 0. The zero-order chi connectivity index (χ0) is 9.14. The number of hydrogen-bond donors (Lipinski definition) is 1. The van der Waals surface area contributed by atoms with E-state index < -0.39 is 12.0 Å². The van der Waals surface area contributed by atoms with E-state index >= 15 is 0 Å². The molecule has 1 atom stereocenters. The van der Waals surface area contributed by atoms with E-state index in [2.05, 4.69) is 6.58 Å². The van der Waals surface area contributed by atoms with Crippen LogP contribution in [-0.2, 0) is 9.59 Å². The van der Waals surface area contributed by atoms with E-state index in [9.17, 15) is 9.59 Å². The molecule has 4 nitrogen and oxygen atoms in total. The van der Waals surface area contributed by atoms with Gasteiger partial charge in [-0.3, -0.25) is 4.79 Å². The monoisotopic (exact) mass is 169 g/mol. The summed E-state index contributed by atoms with van der Waals surface area (Å²) in [5.41, 5.74) is 0. The molecule has 0 aromatic carbocycles. The lowest BCUT2D eigenvalue weighted by Crippen LogP contribution is -2.38. The van der Waals surface area contributed by atoms with Crippen LogP contribution in [0, 0.1) is 0 Å². The predicted molar refractivity (Wildman–Crippen MR) is 42.6 cm³/mol. The molecule has 0 aromatic heterocycles. The Hall–Kier alpha value is -1.32. The van der Waals surface area contributed by atoms with E-state index in [4.69, 9.17) is 5.11 Å². The maximum Gasteiger partial charge on any atom is 0.326 e. The third-order valence-electron chi connectivity index (χ3n) is 1.94. The largest absolute Gasteiger partial charge is 0.480 e. The summed E-state index contributed by atoms with van der Waals surface area (Å²) >= 11 is 0. The fourth-order valence-electron chi connectivity index (χ4n) is 1.36. The Kier molecular flexibility index (Phi) is 2.47. The van der Waals surface area contributed by atoms with Crippen molar-refractivity contribution in [3.8, 4) is 0 Å². The molecule has 0 aromatic rings.